The maximum absolute atomic E-state index is 13.6. The second-order valence-corrected chi connectivity index (χ2v) is 10.2. The molecule has 0 bridgehead atoms. The summed E-state index contributed by atoms with van der Waals surface area (Å²) in [6.45, 7) is 1.12. The molecule has 1 saturated heterocycles. The Morgan fingerprint density at radius 1 is 0.733 bits per heavy atom. The van der Waals surface area contributed by atoms with Crippen LogP contribution in [0.3, 0.4) is 0 Å². The first-order valence-corrected chi connectivity index (χ1v) is 14.3. The van der Waals surface area contributed by atoms with Gasteiger partial charge in [0.25, 0.3) is 11.8 Å². The van der Waals surface area contributed by atoms with Crippen molar-refractivity contribution >= 4 is 23.8 Å². The zero-order valence-electron chi connectivity index (χ0n) is 24.5. The van der Waals surface area contributed by atoms with Gasteiger partial charge in [-0.25, -0.2) is 4.79 Å². The number of carbonyl (C=O) groups excluding carboxylic acids is 4. The summed E-state index contributed by atoms with van der Waals surface area (Å²) in [5.41, 5.74) is 2.15. The van der Waals surface area contributed by atoms with Gasteiger partial charge in [0, 0.05) is 6.92 Å². The Balaban J connectivity index is 1.34. The first kappa shape index (κ1) is 30.8. The predicted octanol–water partition coefficient (Wildman–Crippen LogP) is 4.35. The van der Waals surface area contributed by atoms with Crippen molar-refractivity contribution in [2.45, 2.75) is 38.4 Å². The van der Waals surface area contributed by atoms with Crippen LogP contribution in [0.4, 0.5) is 0 Å². The molecule has 3 atom stereocenters. The molecule has 5 rings (SSSR count). The third-order valence-corrected chi connectivity index (χ3v) is 6.97. The van der Waals surface area contributed by atoms with E-state index in [0.717, 1.165) is 16.0 Å². The molecule has 1 aliphatic rings. The number of esters is 2. The number of hydrogen-bond acceptors (Lipinski definition) is 8. The molecule has 10 heteroatoms. The number of likely N-dealkylation sites (tertiary alicyclic amines) is 1. The van der Waals surface area contributed by atoms with Crippen molar-refractivity contribution in [1.82, 2.24) is 10.2 Å². The van der Waals surface area contributed by atoms with E-state index in [2.05, 4.69) is 5.32 Å². The zero-order chi connectivity index (χ0) is 31.6. The third-order valence-electron chi connectivity index (χ3n) is 6.97. The summed E-state index contributed by atoms with van der Waals surface area (Å²) in [4.78, 5) is 53.0. The minimum Gasteiger partial charge on any atom is -0.489 e. The van der Waals surface area contributed by atoms with E-state index in [-0.39, 0.29) is 13.2 Å². The lowest BCUT2D eigenvalue weighted by molar-refractivity contribution is -0.202. The smallest absolute Gasteiger partial charge is 0.334 e. The van der Waals surface area contributed by atoms with Crippen molar-refractivity contribution in [3.63, 3.8) is 0 Å². The second-order valence-electron chi connectivity index (χ2n) is 10.2. The van der Waals surface area contributed by atoms with Crippen molar-refractivity contribution in [2.24, 2.45) is 0 Å². The highest BCUT2D eigenvalue weighted by molar-refractivity contribution is 5.97. The first-order chi connectivity index (χ1) is 21.9. The van der Waals surface area contributed by atoms with E-state index >= 15 is 0 Å². The summed E-state index contributed by atoms with van der Waals surface area (Å²) in [6, 6.07) is 31.6. The minimum atomic E-state index is -1.28. The highest BCUT2D eigenvalue weighted by Crippen LogP contribution is 2.35. The first-order valence-electron chi connectivity index (χ1n) is 14.3. The van der Waals surface area contributed by atoms with Crippen molar-refractivity contribution < 1.29 is 38.1 Å². The van der Waals surface area contributed by atoms with Crippen LogP contribution in [0.15, 0.2) is 115 Å². The van der Waals surface area contributed by atoms with Gasteiger partial charge in [-0.15, -0.1) is 0 Å². The fourth-order valence-corrected chi connectivity index (χ4v) is 4.77. The molecule has 2 amide bonds. The van der Waals surface area contributed by atoms with Gasteiger partial charge in [-0.3, -0.25) is 19.3 Å². The van der Waals surface area contributed by atoms with E-state index in [0.29, 0.717) is 23.7 Å². The van der Waals surface area contributed by atoms with E-state index in [1.165, 1.54) is 6.92 Å². The van der Waals surface area contributed by atoms with Gasteiger partial charge in [0.15, 0.2) is 18.7 Å². The van der Waals surface area contributed by atoms with Crippen molar-refractivity contribution in [2.75, 3.05) is 6.61 Å². The van der Waals surface area contributed by atoms with Gasteiger partial charge < -0.3 is 24.3 Å². The quantitative estimate of drug-likeness (QED) is 0.176. The van der Waals surface area contributed by atoms with Crippen LogP contribution in [-0.4, -0.2) is 47.5 Å². The van der Waals surface area contributed by atoms with E-state index in [1.54, 1.807) is 60.7 Å². The number of ether oxygens (including phenoxy) is 4. The van der Waals surface area contributed by atoms with Gasteiger partial charge in [0.1, 0.15) is 24.7 Å². The average molecular weight is 609 g/mol. The normalized spacial score (nSPS) is 16.1. The summed E-state index contributed by atoms with van der Waals surface area (Å²) < 4.78 is 22.4. The van der Waals surface area contributed by atoms with Crippen LogP contribution in [0.1, 0.15) is 29.7 Å². The lowest BCUT2D eigenvalue weighted by Crippen LogP contribution is -2.73. The molecule has 4 aromatic carbocycles. The van der Waals surface area contributed by atoms with Crippen molar-refractivity contribution in [3.05, 3.63) is 132 Å². The Hall–Kier alpha value is -5.64. The molecule has 0 aliphatic carbocycles. The highest BCUT2D eigenvalue weighted by Gasteiger charge is 2.56. The van der Waals surface area contributed by atoms with Gasteiger partial charge in [0.2, 0.25) is 6.23 Å². The fourth-order valence-electron chi connectivity index (χ4n) is 4.77. The number of amides is 2. The molecule has 0 radical (unpaired) electrons. The molecule has 0 spiro atoms. The summed E-state index contributed by atoms with van der Waals surface area (Å²) in [7, 11) is 0. The fraction of sp³-hybridized carbons (Fsp3) is 0.200. The standard InChI is InChI=1S/C35H32N2O8/c1-24(38)45-34-31(36-30(39)23-43-28-15-9-4-10-16-28)33(40)37(34)32(35(41)44-22-26-13-7-3-8-14-26)27-17-19-29(20-18-27)42-21-25-11-5-2-6-12-25/h2-20,31-32,34H,21-23H2,1H3,(H,36,39)/t31-,32?,34+/m0/s1. The molecule has 0 aromatic heterocycles. The number of β-lactam (4-membered cyclic amide) rings is 1. The lowest BCUT2D eigenvalue weighted by Gasteiger charge is -2.48. The average Bonchev–Trinajstić information content (AvgIpc) is 3.07. The number of nitrogens with one attached hydrogen (secondary N) is 1. The summed E-state index contributed by atoms with van der Waals surface area (Å²) >= 11 is 0. The molecule has 45 heavy (non-hydrogen) atoms. The largest absolute Gasteiger partial charge is 0.489 e. The van der Waals surface area contributed by atoms with Gasteiger partial charge in [-0.1, -0.05) is 91.0 Å². The monoisotopic (exact) mass is 608 g/mol. The lowest BCUT2D eigenvalue weighted by atomic mass is 9.96. The summed E-state index contributed by atoms with van der Waals surface area (Å²) in [6.07, 6.45) is -1.26. The van der Waals surface area contributed by atoms with Crippen LogP contribution in [0.25, 0.3) is 0 Å². The Labute approximate surface area is 260 Å². The van der Waals surface area contributed by atoms with E-state index in [1.807, 2.05) is 54.6 Å². The van der Waals surface area contributed by atoms with Gasteiger partial charge >= 0.3 is 11.9 Å². The Morgan fingerprint density at radius 3 is 1.89 bits per heavy atom. The van der Waals surface area contributed by atoms with Crippen LogP contribution in [0.2, 0.25) is 0 Å². The molecule has 4 aromatic rings. The van der Waals surface area contributed by atoms with Crippen LogP contribution in [0, 0.1) is 0 Å². The molecular formula is C35H32N2O8. The van der Waals surface area contributed by atoms with E-state index < -0.39 is 42.1 Å². The van der Waals surface area contributed by atoms with Crippen LogP contribution in [-0.2, 0) is 41.9 Å². The topological polar surface area (TPSA) is 120 Å². The van der Waals surface area contributed by atoms with Gasteiger partial charge in [-0.2, -0.15) is 0 Å². The molecule has 1 unspecified atom stereocenters. The molecular weight excluding hydrogens is 576 g/mol. The van der Waals surface area contributed by atoms with Crippen LogP contribution < -0.4 is 14.8 Å². The van der Waals surface area contributed by atoms with Crippen molar-refractivity contribution in [3.8, 4) is 11.5 Å². The molecule has 230 valence electrons. The summed E-state index contributed by atoms with van der Waals surface area (Å²) in [5.74, 6) is -1.63. The number of para-hydroxylation sites is 1. The van der Waals surface area contributed by atoms with Crippen molar-refractivity contribution in [1.29, 1.82) is 0 Å². The Kier molecular flexibility index (Phi) is 10.1. The molecule has 10 nitrogen and oxygen atoms in total. The predicted molar refractivity (Wildman–Crippen MR) is 162 cm³/mol. The summed E-state index contributed by atoms with van der Waals surface area (Å²) in [5, 5.41) is 2.56. The number of carbonyl (C=O) groups is 4. The zero-order valence-corrected chi connectivity index (χ0v) is 24.5. The molecule has 1 heterocycles. The molecule has 1 N–H and O–H groups in total. The van der Waals surface area contributed by atoms with Crippen LogP contribution >= 0.6 is 0 Å². The third kappa shape index (κ3) is 8.05. The van der Waals surface area contributed by atoms with E-state index in [9.17, 15) is 19.2 Å². The van der Waals surface area contributed by atoms with Gasteiger partial charge in [0.05, 0.1) is 0 Å². The minimum absolute atomic E-state index is 0.0360. The number of benzene rings is 4. The molecule has 0 saturated carbocycles. The second kappa shape index (κ2) is 14.7. The SMILES string of the molecule is CC(=O)O[C@@H]1[C@@H](NC(=O)COc2ccccc2)C(=O)N1C(C(=O)OCc1ccccc1)c1ccc(OCc2ccccc2)cc1. The Morgan fingerprint density at radius 2 is 1.29 bits per heavy atom. The number of rotatable bonds is 13. The number of hydrogen-bond donors (Lipinski definition) is 1. The maximum atomic E-state index is 13.6. The van der Waals surface area contributed by atoms with Gasteiger partial charge in [-0.05, 0) is 41.0 Å². The molecule has 1 aliphatic heterocycles. The highest BCUT2D eigenvalue weighted by atomic mass is 16.6. The Bertz CT molecular complexity index is 1600. The molecule has 1 fully saturated rings. The van der Waals surface area contributed by atoms with E-state index in [4.69, 9.17) is 18.9 Å². The van der Waals surface area contributed by atoms with Crippen LogP contribution in [0.5, 0.6) is 11.5 Å². The number of nitrogens with zero attached hydrogens (tertiary/aromatic N) is 1. The maximum Gasteiger partial charge on any atom is 0.334 e.